The molecule has 1 amide bonds. The highest BCUT2D eigenvalue weighted by Crippen LogP contribution is 2.38. The normalized spacial score (nSPS) is 16.4. The maximum atomic E-state index is 12.6. The lowest BCUT2D eigenvalue weighted by molar-refractivity contribution is -0.117. The quantitative estimate of drug-likeness (QED) is 0.563. The average molecular weight is 370 g/mol. The number of aryl methyl sites for hydroxylation is 3. The van der Waals surface area contributed by atoms with E-state index in [2.05, 4.69) is 18.3 Å². The van der Waals surface area contributed by atoms with Crippen molar-refractivity contribution >= 4 is 22.4 Å². The van der Waals surface area contributed by atoms with E-state index in [1.807, 2.05) is 20.8 Å². The van der Waals surface area contributed by atoms with Crippen LogP contribution in [0.3, 0.4) is 0 Å². The van der Waals surface area contributed by atoms with Crippen LogP contribution in [0.2, 0.25) is 0 Å². The molecule has 1 N–H and O–H groups in total. The van der Waals surface area contributed by atoms with E-state index in [4.69, 9.17) is 9.15 Å². The summed E-state index contributed by atoms with van der Waals surface area (Å²) < 4.78 is 11.6. The molecule has 146 valence electrons. The number of hydrogen-bond acceptors (Lipinski definition) is 3. The van der Waals surface area contributed by atoms with Crippen LogP contribution in [0.25, 0.3) is 16.5 Å². The van der Waals surface area contributed by atoms with Gasteiger partial charge in [-0.15, -0.1) is 0 Å². The summed E-state index contributed by atoms with van der Waals surface area (Å²) in [5.74, 6) is 1.67. The molecule has 27 heavy (non-hydrogen) atoms. The van der Waals surface area contributed by atoms with Crippen LogP contribution in [0.15, 0.2) is 16.6 Å². The Bertz CT molecular complexity index is 868. The number of carbonyl (C=O) groups is 1. The van der Waals surface area contributed by atoms with Gasteiger partial charge in [0.05, 0.1) is 7.11 Å². The van der Waals surface area contributed by atoms with Crippen molar-refractivity contribution < 1.29 is 13.9 Å². The molecule has 1 aliphatic carbocycles. The van der Waals surface area contributed by atoms with Crippen LogP contribution in [0.4, 0.5) is 0 Å². The smallest absolute Gasteiger partial charge is 0.244 e. The first-order chi connectivity index (χ1) is 12.9. The molecule has 1 aromatic carbocycles. The van der Waals surface area contributed by atoms with E-state index >= 15 is 0 Å². The van der Waals surface area contributed by atoms with Crippen LogP contribution in [0.1, 0.15) is 67.9 Å². The van der Waals surface area contributed by atoms with Crippen molar-refractivity contribution in [1.82, 2.24) is 5.32 Å². The molecule has 3 rings (SSSR count). The molecule has 2 aromatic rings. The van der Waals surface area contributed by atoms with E-state index in [0.29, 0.717) is 6.04 Å². The summed E-state index contributed by atoms with van der Waals surface area (Å²) in [5, 5.41) is 4.27. The third-order valence-electron chi connectivity index (χ3n) is 5.82. The van der Waals surface area contributed by atoms with Gasteiger partial charge >= 0.3 is 0 Å². The number of fused-ring (bicyclic) bond motifs is 1. The minimum Gasteiger partial charge on any atom is -0.496 e. The second kappa shape index (κ2) is 8.20. The van der Waals surface area contributed by atoms with Crippen LogP contribution in [-0.4, -0.2) is 19.1 Å². The Labute approximate surface area is 162 Å². The highest BCUT2D eigenvalue weighted by atomic mass is 16.5. The minimum atomic E-state index is -0.0145. The van der Waals surface area contributed by atoms with Gasteiger partial charge in [-0.25, -0.2) is 0 Å². The lowest BCUT2D eigenvalue weighted by Crippen LogP contribution is -2.33. The summed E-state index contributed by atoms with van der Waals surface area (Å²) in [4.78, 5) is 12.6. The third kappa shape index (κ3) is 4.05. The number of ether oxygens (including phenoxy) is 1. The topological polar surface area (TPSA) is 51.5 Å². The van der Waals surface area contributed by atoms with Gasteiger partial charge in [-0.2, -0.15) is 0 Å². The molecule has 1 heterocycles. The molecule has 1 saturated carbocycles. The van der Waals surface area contributed by atoms with Gasteiger partial charge in [0.2, 0.25) is 5.91 Å². The molecule has 4 heteroatoms. The van der Waals surface area contributed by atoms with Crippen molar-refractivity contribution in [3.8, 4) is 5.75 Å². The number of carbonyl (C=O) groups excluding carboxylic acids is 1. The van der Waals surface area contributed by atoms with Crippen molar-refractivity contribution in [2.75, 3.05) is 7.11 Å². The van der Waals surface area contributed by atoms with Gasteiger partial charge in [-0.3, -0.25) is 4.79 Å². The number of rotatable bonds is 4. The molecule has 0 aliphatic heterocycles. The molecular formula is C23H31NO3. The molecule has 1 aromatic heterocycles. The van der Waals surface area contributed by atoms with Crippen molar-refractivity contribution in [3.63, 3.8) is 0 Å². The Morgan fingerprint density at radius 2 is 1.81 bits per heavy atom. The van der Waals surface area contributed by atoms with E-state index in [-0.39, 0.29) is 5.91 Å². The highest BCUT2D eigenvalue weighted by molar-refractivity contribution is 5.98. The van der Waals surface area contributed by atoms with Gasteiger partial charge in [0, 0.05) is 28.6 Å². The van der Waals surface area contributed by atoms with Crippen LogP contribution in [0.5, 0.6) is 5.75 Å². The van der Waals surface area contributed by atoms with E-state index in [1.165, 1.54) is 25.7 Å². The van der Waals surface area contributed by atoms with Gasteiger partial charge < -0.3 is 14.5 Å². The molecule has 0 bridgehead atoms. The second-order valence-corrected chi connectivity index (χ2v) is 7.77. The van der Waals surface area contributed by atoms with Crippen molar-refractivity contribution in [2.45, 2.75) is 72.3 Å². The van der Waals surface area contributed by atoms with E-state index < -0.39 is 0 Å². The Morgan fingerprint density at radius 3 is 2.44 bits per heavy atom. The first-order valence-corrected chi connectivity index (χ1v) is 9.98. The van der Waals surface area contributed by atoms with Gasteiger partial charge in [-0.05, 0) is 57.7 Å². The zero-order chi connectivity index (χ0) is 19.6. The molecule has 1 fully saturated rings. The summed E-state index contributed by atoms with van der Waals surface area (Å²) >= 11 is 0. The fourth-order valence-corrected chi connectivity index (χ4v) is 4.11. The molecule has 1 aliphatic rings. The standard InChI is InChI=1S/C23H31NO3/c1-14(12-21(25)24-18-10-8-6-7-9-11-18)19-13-20-15(2)17(4)27-23(20)16(3)22(19)26-5/h12-13,18H,6-11H2,1-5H3,(H,24,25)/b14-12+. The summed E-state index contributed by atoms with van der Waals surface area (Å²) in [7, 11) is 1.67. The second-order valence-electron chi connectivity index (χ2n) is 7.77. The zero-order valence-corrected chi connectivity index (χ0v) is 17.2. The molecule has 0 spiro atoms. The lowest BCUT2D eigenvalue weighted by Gasteiger charge is -2.16. The minimum absolute atomic E-state index is 0.0145. The van der Waals surface area contributed by atoms with Crippen LogP contribution < -0.4 is 10.1 Å². The van der Waals surface area contributed by atoms with E-state index in [9.17, 15) is 4.79 Å². The van der Waals surface area contributed by atoms with Crippen LogP contribution in [0, 0.1) is 20.8 Å². The van der Waals surface area contributed by atoms with Crippen LogP contribution in [-0.2, 0) is 4.79 Å². The van der Waals surface area contributed by atoms with Gasteiger partial charge in [-0.1, -0.05) is 25.7 Å². The average Bonchev–Trinajstić information content (AvgIpc) is 2.80. The Hall–Kier alpha value is -2.23. The van der Waals surface area contributed by atoms with E-state index in [0.717, 1.165) is 57.6 Å². The molecular weight excluding hydrogens is 338 g/mol. The number of nitrogens with one attached hydrogen (secondary N) is 1. The Morgan fingerprint density at radius 1 is 1.15 bits per heavy atom. The summed E-state index contributed by atoms with van der Waals surface area (Å²) in [6.07, 6.45) is 8.84. The third-order valence-corrected chi connectivity index (χ3v) is 5.82. The Balaban J connectivity index is 1.91. The predicted octanol–water partition coefficient (Wildman–Crippen LogP) is 5.61. The van der Waals surface area contributed by atoms with Gasteiger partial charge in [0.25, 0.3) is 0 Å². The first kappa shape index (κ1) is 19.5. The zero-order valence-electron chi connectivity index (χ0n) is 17.2. The fraction of sp³-hybridized carbons (Fsp3) is 0.522. The molecule has 4 nitrogen and oxygen atoms in total. The number of furan rings is 1. The molecule has 0 atom stereocenters. The van der Waals surface area contributed by atoms with E-state index in [1.54, 1.807) is 13.2 Å². The number of allylic oxidation sites excluding steroid dienone is 1. The van der Waals surface area contributed by atoms with Crippen molar-refractivity contribution in [2.24, 2.45) is 0 Å². The van der Waals surface area contributed by atoms with Crippen molar-refractivity contribution in [1.29, 1.82) is 0 Å². The summed E-state index contributed by atoms with van der Waals surface area (Å²) in [5.41, 5.74) is 4.82. The molecule has 0 unspecified atom stereocenters. The molecule has 0 radical (unpaired) electrons. The first-order valence-electron chi connectivity index (χ1n) is 9.98. The highest BCUT2D eigenvalue weighted by Gasteiger charge is 2.19. The number of amides is 1. The largest absolute Gasteiger partial charge is 0.496 e. The molecule has 0 saturated heterocycles. The Kier molecular flexibility index (Phi) is 5.93. The van der Waals surface area contributed by atoms with Gasteiger partial charge in [0.1, 0.15) is 17.1 Å². The monoisotopic (exact) mass is 369 g/mol. The summed E-state index contributed by atoms with van der Waals surface area (Å²) in [6.45, 7) is 8.02. The summed E-state index contributed by atoms with van der Waals surface area (Å²) in [6, 6.07) is 2.38. The fourth-order valence-electron chi connectivity index (χ4n) is 4.11. The lowest BCUT2D eigenvalue weighted by atomic mass is 9.98. The maximum Gasteiger partial charge on any atom is 0.244 e. The maximum absolute atomic E-state index is 12.6. The number of methoxy groups -OCH3 is 1. The van der Waals surface area contributed by atoms with Gasteiger partial charge in [0.15, 0.2) is 0 Å². The predicted molar refractivity (Wildman–Crippen MR) is 110 cm³/mol. The number of hydrogen-bond donors (Lipinski definition) is 1. The van der Waals surface area contributed by atoms with Crippen molar-refractivity contribution in [3.05, 3.63) is 34.6 Å². The van der Waals surface area contributed by atoms with Crippen LogP contribution >= 0.6 is 0 Å². The SMILES string of the molecule is COc1c(/C(C)=C/C(=O)NC2CCCCCC2)cc2c(C)c(C)oc2c1C. The number of benzene rings is 1.